The minimum absolute atomic E-state index is 0.0293. The number of hydrogen-bond acceptors (Lipinski definition) is 2. The van der Waals surface area contributed by atoms with E-state index >= 15 is 0 Å². The van der Waals surface area contributed by atoms with Gasteiger partial charge in [-0.1, -0.05) is 80.1 Å². The van der Waals surface area contributed by atoms with Crippen LogP contribution in [0.3, 0.4) is 0 Å². The fourth-order valence-corrected chi connectivity index (χ4v) is 7.09. The highest BCUT2D eigenvalue weighted by Crippen LogP contribution is 2.43. The molecule has 0 bridgehead atoms. The highest BCUT2D eigenvalue weighted by Gasteiger charge is 2.31. The third-order valence-corrected chi connectivity index (χ3v) is 8.39. The lowest BCUT2D eigenvalue weighted by molar-refractivity contribution is 0.257. The molecule has 2 N–H and O–H groups in total. The van der Waals surface area contributed by atoms with Gasteiger partial charge >= 0.3 is 0 Å². The Bertz CT molecular complexity index is 949. The summed E-state index contributed by atoms with van der Waals surface area (Å²) in [5, 5.41) is 21.0. The normalized spacial score (nSPS) is 12.7. The van der Waals surface area contributed by atoms with Crippen molar-refractivity contribution in [1.29, 1.82) is 0 Å². The second-order valence-electron chi connectivity index (χ2n) is 10.9. The van der Waals surface area contributed by atoms with Crippen molar-refractivity contribution in [3.05, 3.63) is 66.8 Å². The summed E-state index contributed by atoms with van der Waals surface area (Å²) in [6, 6.07) is 0. The van der Waals surface area contributed by atoms with E-state index in [0.29, 0.717) is 0 Å². The van der Waals surface area contributed by atoms with Crippen LogP contribution in [0.2, 0.25) is 0 Å². The molecule has 36 heavy (non-hydrogen) atoms. The van der Waals surface area contributed by atoms with Gasteiger partial charge in [-0.15, -0.1) is 0 Å². The zero-order valence-electron chi connectivity index (χ0n) is 24.2. The fraction of sp³-hybridized carbons (Fsp3) is 0.647. The fourth-order valence-electron chi connectivity index (χ4n) is 7.09. The Morgan fingerprint density at radius 3 is 0.806 bits per heavy atom. The van der Waals surface area contributed by atoms with Crippen LogP contribution in [0.5, 0.6) is 0 Å². The maximum Gasteiger partial charge on any atom is 0.0688 e. The van der Waals surface area contributed by atoms with Crippen LogP contribution in [0, 0.1) is 0 Å². The number of hydrogen-bond donors (Lipinski definition) is 2. The molecule has 0 heterocycles. The smallest absolute Gasteiger partial charge is 0.0688 e. The van der Waals surface area contributed by atoms with Crippen molar-refractivity contribution in [3.8, 4) is 0 Å². The molecule has 3 rings (SSSR count). The SMILES string of the molecule is CCCc1c(CCC)c(CCC)c2c(c1CCC)Cc1c(CCC)c(CO)c(CO)c(CCC)c1C2. The molecule has 0 fully saturated rings. The molecule has 0 radical (unpaired) electrons. The molecule has 2 aromatic carbocycles. The van der Waals surface area contributed by atoms with Gasteiger partial charge in [-0.25, -0.2) is 0 Å². The van der Waals surface area contributed by atoms with Gasteiger partial charge in [0.15, 0.2) is 0 Å². The van der Waals surface area contributed by atoms with E-state index in [9.17, 15) is 10.2 Å². The standard InChI is InChI=1S/C34H52O2/c1-7-13-23-24(14-8-2)26(16-10-4)30-20-32-28(18-12-6)34(22-36)33(21-35)27(17-11-5)31(32)19-29(30)25(23)15-9-3/h35-36H,7-22H2,1-6H3. The summed E-state index contributed by atoms with van der Waals surface area (Å²) >= 11 is 0. The van der Waals surface area contributed by atoms with Gasteiger partial charge in [0, 0.05) is 0 Å². The van der Waals surface area contributed by atoms with Crippen LogP contribution in [0.4, 0.5) is 0 Å². The van der Waals surface area contributed by atoms with Crippen molar-refractivity contribution >= 4 is 0 Å². The summed E-state index contributed by atoms with van der Waals surface area (Å²) < 4.78 is 0. The highest BCUT2D eigenvalue weighted by atomic mass is 16.3. The Kier molecular flexibility index (Phi) is 11.1. The van der Waals surface area contributed by atoms with Crippen molar-refractivity contribution in [2.75, 3.05) is 0 Å². The predicted octanol–water partition coefficient (Wildman–Crippen LogP) is 7.88. The predicted molar refractivity (Wildman–Crippen MR) is 154 cm³/mol. The second-order valence-corrected chi connectivity index (χ2v) is 10.9. The van der Waals surface area contributed by atoms with Crippen molar-refractivity contribution in [1.82, 2.24) is 0 Å². The van der Waals surface area contributed by atoms with Crippen LogP contribution in [0.15, 0.2) is 0 Å². The van der Waals surface area contributed by atoms with Crippen molar-refractivity contribution in [2.24, 2.45) is 0 Å². The molecule has 0 aliphatic heterocycles. The summed E-state index contributed by atoms with van der Waals surface area (Å²) in [5.74, 6) is 0. The molecule has 0 aromatic heterocycles. The maximum atomic E-state index is 10.5. The summed E-state index contributed by atoms with van der Waals surface area (Å²) in [5.41, 5.74) is 17.6. The van der Waals surface area contributed by atoms with E-state index in [1.807, 2.05) is 0 Å². The molecule has 0 spiro atoms. The zero-order valence-corrected chi connectivity index (χ0v) is 24.2. The van der Waals surface area contributed by atoms with Crippen LogP contribution in [-0.2, 0) is 64.6 Å². The van der Waals surface area contributed by atoms with Gasteiger partial charge in [0.25, 0.3) is 0 Å². The van der Waals surface area contributed by atoms with Gasteiger partial charge in [0.1, 0.15) is 0 Å². The number of rotatable bonds is 14. The van der Waals surface area contributed by atoms with Crippen LogP contribution >= 0.6 is 0 Å². The molecule has 1 aliphatic carbocycles. The molecule has 0 unspecified atom stereocenters. The molecule has 1 aliphatic rings. The Labute approximate surface area is 221 Å². The lowest BCUT2D eigenvalue weighted by Gasteiger charge is -2.34. The third kappa shape index (κ3) is 5.46. The summed E-state index contributed by atoms with van der Waals surface area (Å²) in [4.78, 5) is 0. The monoisotopic (exact) mass is 492 g/mol. The van der Waals surface area contributed by atoms with Crippen LogP contribution < -0.4 is 0 Å². The van der Waals surface area contributed by atoms with E-state index in [0.717, 1.165) is 49.7 Å². The van der Waals surface area contributed by atoms with Crippen LogP contribution in [0.1, 0.15) is 147 Å². The molecule has 2 nitrogen and oxygen atoms in total. The lowest BCUT2D eigenvalue weighted by atomic mass is 9.70. The van der Waals surface area contributed by atoms with Gasteiger partial charge in [0.05, 0.1) is 13.2 Å². The molecule has 0 saturated carbocycles. The quantitative estimate of drug-likeness (QED) is 0.240. The molecule has 2 heteroatoms. The largest absolute Gasteiger partial charge is 0.392 e. The first-order valence-electron chi connectivity index (χ1n) is 15.1. The van der Waals surface area contributed by atoms with E-state index in [4.69, 9.17) is 0 Å². The molecule has 0 amide bonds. The highest BCUT2D eigenvalue weighted by molar-refractivity contribution is 5.63. The minimum Gasteiger partial charge on any atom is -0.392 e. The zero-order chi connectivity index (χ0) is 26.2. The number of fused-ring (bicyclic) bond motifs is 2. The number of aliphatic hydroxyl groups is 2. The Morgan fingerprint density at radius 1 is 0.361 bits per heavy atom. The first-order chi connectivity index (χ1) is 17.6. The lowest BCUT2D eigenvalue weighted by Crippen LogP contribution is -2.23. The summed E-state index contributed by atoms with van der Waals surface area (Å²) in [7, 11) is 0. The van der Waals surface area contributed by atoms with Crippen LogP contribution in [-0.4, -0.2) is 10.2 Å². The van der Waals surface area contributed by atoms with Gasteiger partial charge in [-0.2, -0.15) is 0 Å². The van der Waals surface area contributed by atoms with Crippen molar-refractivity contribution < 1.29 is 10.2 Å². The third-order valence-electron chi connectivity index (χ3n) is 8.39. The maximum absolute atomic E-state index is 10.5. The number of aliphatic hydroxyl groups excluding tert-OH is 2. The van der Waals surface area contributed by atoms with E-state index in [2.05, 4.69) is 41.5 Å². The van der Waals surface area contributed by atoms with E-state index in [1.54, 1.807) is 33.4 Å². The van der Waals surface area contributed by atoms with Crippen molar-refractivity contribution in [3.63, 3.8) is 0 Å². The summed E-state index contributed by atoms with van der Waals surface area (Å²) in [6.45, 7) is 13.9. The van der Waals surface area contributed by atoms with E-state index in [-0.39, 0.29) is 13.2 Å². The minimum atomic E-state index is 0.0293. The van der Waals surface area contributed by atoms with Gasteiger partial charge < -0.3 is 10.2 Å². The molecule has 2 aromatic rings. The van der Waals surface area contributed by atoms with E-state index in [1.165, 1.54) is 73.6 Å². The van der Waals surface area contributed by atoms with Crippen molar-refractivity contribution in [2.45, 2.75) is 145 Å². The Balaban J connectivity index is 2.42. The van der Waals surface area contributed by atoms with Crippen LogP contribution in [0.25, 0.3) is 0 Å². The summed E-state index contributed by atoms with van der Waals surface area (Å²) in [6.07, 6.45) is 15.6. The second kappa shape index (κ2) is 13.8. The van der Waals surface area contributed by atoms with E-state index < -0.39 is 0 Å². The topological polar surface area (TPSA) is 40.5 Å². The Morgan fingerprint density at radius 2 is 0.583 bits per heavy atom. The molecular weight excluding hydrogens is 440 g/mol. The molecule has 0 atom stereocenters. The van der Waals surface area contributed by atoms with Gasteiger partial charge in [-0.05, 0) is 118 Å². The van der Waals surface area contributed by atoms with Gasteiger partial charge in [-0.3, -0.25) is 0 Å². The molecule has 200 valence electrons. The molecular formula is C34H52O2. The first kappa shape index (κ1) is 28.9. The number of benzene rings is 2. The average molecular weight is 493 g/mol. The first-order valence-corrected chi connectivity index (χ1v) is 15.1. The molecule has 0 saturated heterocycles. The Hall–Kier alpha value is -1.64. The average Bonchev–Trinajstić information content (AvgIpc) is 2.88. The van der Waals surface area contributed by atoms with Gasteiger partial charge in [0.2, 0.25) is 0 Å².